The van der Waals surface area contributed by atoms with Gasteiger partial charge >= 0.3 is 0 Å². The predicted octanol–water partition coefficient (Wildman–Crippen LogP) is 1.31. The molecule has 0 aromatic carbocycles. The number of azide groups is 1. The summed E-state index contributed by atoms with van der Waals surface area (Å²) in [5.41, 5.74) is 9.39. The normalized spacial score (nSPS) is 14.1. The molecule has 2 N–H and O–H groups in total. The Morgan fingerprint density at radius 2 is 2.29 bits per heavy atom. The van der Waals surface area contributed by atoms with Crippen molar-refractivity contribution in [2.45, 2.75) is 39.0 Å². The summed E-state index contributed by atoms with van der Waals surface area (Å²) in [5, 5.41) is 27.0. The van der Waals surface area contributed by atoms with Crippen molar-refractivity contribution in [3.63, 3.8) is 0 Å². The lowest BCUT2D eigenvalue weighted by Gasteiger charge is -2.14. The van der Waals surface area contributed by atoms with E-state index in [9.17, 15) is 10.2 Å². The van der Waals surface area contributed by atoms with Crippen molar-refractivity contribution in [2.24, 2.45) is 5.11 Å². The van der Waals surface area contributed by atoms with E-state index in [2.05, 4.69) is 15.1 Å². The van der Waals surface area contributed by atoms with Gasteiger partial charge < -0.3 is 10.2 Å². The molecule has 0 amide bonds. The summed E-state index contributed by atoms with van der Waals surface area (Å²) in [7, 11) is 0. The van der Waals surface area contributed by atoms with Gasteiger partial charge in [0.25, 0.3) is 0 Å². The van der Waals surface area contributed by atoms with Gasteiger partial charge in [-0.05, 0) is 18.9 Å². The fourth-order valence-corrected chi connectivity index (χ4v) is 1.59. The maximum Gasteiger partial charge on any atom is 0.108 e. The average molecular weight is 239 g/mol. The van der Waals surface area contributed by atoms with Gasteiger partial charge in [-0.3, -0.25) is 4.68 Å². The SMILES string of the molecule is CCCn1cc(C(O)C(O)CN=[N+]=[N-])c(C)n1. The number of hydrogen-bond donors (Lipinski definition) is 2. The zero-order chi connectivity index (χ0) is 12.8. The highest BCUT2D eigenvalue weighted by molar-refractivity contribution is 5.19. The van der Waals surface area contributed by atoms with Crippen molar-refractivity contribution in [3.8, 4) is 0 Å². The van der Waals surface area contributed by atoms with Gasteiger partial charge in [0.15, 0.2) is 0 Å². The molecule has 7 nitrogen and oxygen atoms in total. The number of hydrogen-bond acceptors (Lipinski definition) is 4. The van der Waals surface area contributed by atoms with E-state index in [0.717, 1.165) is 13.0 Å². The molecule has 0 aliphatic heterocycles. The average Bonchev–Trinajstić information content (AvgIpc) is 2.66. The van der Waals surface area contributed by atoms with E-state index in [0.29, 0.717) is 11.3 Å². The van der Waals surface area contributed by atoms with Crippen molar-refractivity contribution in [2.75, 3.05) is 6.54 Å². The number of aliphatic hydroxyl groups is 2. The quantitative estimate of drug-likeness (QED) is 0.444. The minimum Gasteiger partial charge on any atom is -0.390 e. The molecule has 0 radical (unpaired) electrons. The van der Waals surface area contributed by atoms with Crippen LogP contribution in [0.3, 0.4) is 0 Å². The lowest BCUT2D eigenvalue weighted by atomic mass is 10.1. The first-order valence-electron chi connectivity index (χ1n) is 5.51. The number of aliphatic hydroxyl groups excluding tert-OH is 2. The predicted molar refractivity (Wildman–Crippen MR) is 62.2 cm³/mol. The highest BCUT2D eigenvalue weighted by atomic mass is 16.3. The van der Waals surface area contributed by atoms with Crippen molar-refractivity contribution in [1.82, 2.24) is 9.78 Å². The number of aromatic nitrogens is 2. The van der Waals surface area contributed by atoms with Crippen LogP contribution in [0.4, 0.5) is 0 Å². The molecular weight excluding hydrogens is 222 g/mol. The standard InChI is InChI=1S/C10H17N5O2/c1-3-4-15-6-8(7(2)13-15)10(17)9(16)5-12-14-11/h6,9-10,16-17H,3-5H2,1-2H3. The Morgan fingerprint density at radius 1 is 1.59 bits per heavy atom. The molecule has 0 aliphatic rings. The fraction of sp³-hybridized carbons (Fsp3) is 0.700. The van der Waals surface area contributed by atoms with Crippen LogP contribution in [0.5, 0.6) is 0 Å². The molecule has 17 heavy (non-hydrogen) atoms. The second-order valence-electron chi connectivity index (χ2n) is 3.86. The second-order valence-corrected chi connectivity index (χ2v) is 3.86. The topological polar surface area (TPSA) is 107 Å². The van der Waals surface area contributed by atoms with Crippen LogP contribution >= 0.6 is 0 Å². The third-order valence-corrected chi connectivity index (χ3v) is 2.45. The first kappa shape index (κ1) is 13.5. The Hall–Kier alpha value is -1.56. The lowest BCUT2D eigenvalue weighted by Crippen LogP contribution is -2.21. The molecule has 2 atom stereocenters. The van der Waals surface area contributed by atoms with E-state index in [-0.39, 0.29) is 6.54 Å². The Balaban J connectivity index is 2.79. The Labute approximate surface area is 99.3 Å². The van der Waals surface area contributed by atoms with Gasteiger partial charge in [0.05, 0.1) is 18.3 Å². The third-order valence-electron chi connectivity index (χ3n) is 2.45. The molecule has 7 heteroatoms. The van der Waals surface area contributed by atoms with Gasteiger partial charge in [-0.25, -0.2) is 0 Å². The van der Waals surface area contributed by atoms with Gasteiger partial charge in [0, 0.05) is 23.2 Å². The van der Waals surface area contributed by atoms with Crippen molar-refractivity contribution >= 4 is 0 Å². The van der Waals surface area contributed by atoms with Crippen LogP contribution in [-0.4, -0.2) is 32.6 Å². The van der Waals surface area contributed by atoms with E-state index in [4.69, 9.17) is 5.53 Å². The summed E-state index contributed by atoms with van der Waals surface area (Å²) in [6, 6.07) is 0. The van der Waals surface area contributed by atoms with Crippen LogP contribution in [0.1, 0.15) is 30.7 Å². The van der Waals surface area contributed by atoms with Crippen molar-refractivity contribution < 1.29 is 10.2 Å². The molecule has 0 aliphatic carbocycles. The van der Waals surface area contributed by atoms with Crippen LogP contribution in [0.15, 0.2) is 11.3 Å². The first-order chi connectivity index (χ1) is 8.10. The monoisotopic (exact) mass is 239 g/mol. The molecule has 0 fully saturated rings. The molecule has 0 saturated carbocycles. The van der Waals surface area contributed by atoms with Gasteiger partial charge in [-0.2, -0.15) is 5.10 Å². The number of aryl methyl sites for hydroxylation is 2. The third kappa shape index (κ3) is 3.45. The molecule has 1 aromatic heterocycles. The Bertz CT molecular complexity index is 411. The van der Waals surface area contributed by atoms with Gasteiger partial charge in [-0.15, -0.1) is 0 Å². The minimum absolute atomic E-state index is 0.157. The summed E-state index contributed by atoms with van der Waals surface area (Å²) in [6.07, 6.45) is 0.468. The van der Waals surface area contributed by atoms with Crippen LogP contribution < -0.4 is 0 Å². The van der Waals surface area contributed by atoms with Crippen molar-refractivity contribution in [1.29, 1.82) is 0 Å². The molecule has 94 valence electrons. The maximum absolute atomic E-state index is 9.89. The molecule has 1 aromatic rings. The smallest absolute Gasteiger partial charge is 0.108 e. The summed E-state index contributed by atoms with van der Waals surface area (Å²) >= 11 is 0. The Morgan fingerprint density at radius 3 is 2.88 bits per heavy atom. The van der Waals surface area contributed by atoms with Crippen LogP contribution in [0, 0.1) is 6.92 Å². The van der Waals surface area contributed by atoms with Gasteiger partial charge in [0.1, 0.15) is 6.10 Å². The molecule has 1 rings (SSSR count). The molecule has 0 spiro atoms. The largest absolute Gasteiger partial charge is 0.390 e. The Kier molecular flexibility index (Phi) is 4.96. The molecule has 1 heterocycles. The fourth-order valence-electron chi connectivity index (χ4n) is 1.59. The molecular formula is C10H17N5O2. The van der Waals surface area contributed by atoms with Crippen LogP contribution in [0.25, 0.3) is 10.4 Å². The van der Waals surface area contributed by atoms with Gasteiger partial charge in [-0.1, -0.05) is 12.0 Å². The summed E-state index contributed by atoms with van der Waals surface area (Å²) < 4.78 is 1.73. The summed E-state index contributed by atoms with van der Waals surface area (Å²) in [5.74, 6) is 0. The van der Waals surface area contributed by atoms with Gasteiger partial charge in [0.2, 0.25) is 0 Å². The van der Waals surface area contributed by atoms with E-state index >= 15 is 0 Å². The van der Waals surface area contributed by atoms with E-state index in [1.54, 1.807) is 17.8 Å². The highest BCUT2D eigenvalue weighted by Gasteiger charge is 2.21. The summed E-state index contributed by atoms with van der Waals surface area (Å²) in [4.78, 5) is 2.54. The second kappa shape index (κ2) is 6.24. The number of nitrogens with zero attached hydrogens (tertiary/aromatic N) is 5. The molecule has 0 bridgehead atoms. The molecule has 2 unspecified atom stereocenters. The maximum atomic E-state index is 9.89. The zero-order valence-corrected chi connectivity index (χ0v) is 9.98. The minimum atomic E-state index is -1.11. The van der Waals surface area contributed by atoms with Crippen LogP contribution in [0.2, 0.25) is 0 Å². The van der Waals surface area contributed by atoms with E-state index in [1.807, 2.05) is 6.92 Å². The lowest BCUT2D eigenvalue weighted by molar-refractivity contribution is 0.0240. The highest BCUT2D eigenvalue weighted by Crippen LogP contribution is 2.20. The van der Waals surface area contributed by atoms with E-state index in [1.165, 1.54) is 0 Å². The molecule has 0 saturated heterocycles. The number of rotatable bonds is 6. The summed E-state index contributed by atoms with van der Waals surface area (Å²) in [6.45, 7) is 4.41. The van der Waals surface area contributed by atoms with Crippen molar-refractivity contribution in [3.05, 3.63) is 27.9 Å². The van der Waals surface area contributed by atoms with E-state index < -0.39 is 12.2 Å². The van der Waals surface area contributed by atoms with Crippen LogP contribution in [-0.2, 0) is 6.54 Å². The zero-order valence-electron chi connectivity index (χ0n) is 9.98. The first-order valence-corrected chi connectivity index (χ1v) is 5.51.